The average Bonchev–Trinajstić information content (AvgIpc) is 2.65. The Hall–Kier alpha value is -2.90. The second kappa shape index (κ2) is 9.55. The van der Waals surface area contributed by atoms with Gasteiger partial charge in [-0.25, -0.2) is 4.39 Å². The summed E-state index contributed by atoms with van der Waals surface area (Å²) >= 11 is 0. The Labute approximate surface area is 152 Å². The highest BCUT2D eigenvalue weighted by atomic mass is 19.1. The second-order valence-corrected chi connectivity index (χ2v) is 5.41. The predicted octanol–water partition coefficient (Wildman–Crippen LogP) is 1.93. The standard InChI is InChI=1S/C19H23FN4O2/c1-23-17(8-9-21)16-12-15(6-7-18(16)26-11-10-22)24-19(25)13-2-4-14(20)5-3-13/h2-8,12,23H,9-11,21-22H2,1H3,(H,24,25)/b17-8-. The number of benzene rings is 2. The van der Waals surface area contributed by atoms with Gasteiger partial charge in [-0.05, 0) is 48.5 Å². The fourth-order valence-electron chi connectivity index (χ4n) is 2.38. The van der Waals surface area contributed by atoms with Crippen molar-refractivity contribution in [2.45, 2.75) is 0 Å². The Morgan fingerprint density at radius 3 is 2.54 bits per heavy atom. The molecule has 6 nitrogen and oxygen atoms in total. The van der Waals surface area contributed by atoms with Gasteiger partial charge >= 0.3 is 0 Å². The summed E-state index contributed by atoms with van der Waals surface area (Å²) in [6.07, 6.45) is 1.82. The van der Waals surface area contributed by atoms with Crippen LogP contribution in [0.4, 0.5) is 10.1 Å². The molecule has 0 unspecified atom stereocenters. The van der Waals surface area contributed by atoms with E-state index >= 15 is 0 Å². The lowest BCUT2D eigenvalue weighted by Gasteiger charge is -2.16. The van der Waals surface area contributed by atoms with Crippen molar-refractivity contribution in [1.82, 2.24) is 5.32 Å². The minimum absolute atomic E-state index is 0.333. The van der Waals surface area contributed by atoms with Crippen molar-refractivity contribution in [3.63, 3.8) is 0 Å². The molecule has 7 heteroatoms. The molecular weight excluding hydrogens is 335 g/mol. The zero-order chi connectivity index (χ0) is 18.9. The summed E-state index contributed by atoms with van der Waals surface area (Å²) in [4.78, 5) is 12.3. The molecule has 1 amide bonds. The molecule has 26 heavy (non-hydrogen) atoms. The predicted molar refractivity (Wildman–Crippen MR) is 101 cm³/mol. The van der Waals surface area contributed by atoms with Crippen molar-refractivity contribution >= 4 is 17.3 Å². The summed E-state index contributed by atoms with van der Waals surface area (Å²) in [6, 6.07) is 10.6. The van der Waals surface area contributed by atoms with Crippen LogP contribution >= 0.6 is 0 Å². The topological polar surface area (TPSA) is 102 Å². The summed E-state index contributed by atoms with van der Waals surface area (Å²) in [5.41, 5.74) is 13.6. The molecule has 0 saturated heterocycles. The minimum atomic E-state index is -0.393. The molecule has 2 aromatic carbocycles. The first-order valence-corrected chi connectivity index (χ1v) is 8.21. The fraction of sp³-hybridized carbons (Fsp3) is 0.211. The Balaban J connectivity index is 2.30. The van der Waals surface area contributed by atoms with E-state index in [9.17, 15) is 9.18 Å². The van der Waals surface area contributed by atoms with E-state index in [-0.39, 0.29) is 5.91 Å². The first kappa shape index (κ1) is 19.4. The number of rotatable bonds is 8. The summed E-state index contributed by atoms with van der Waals surface area (Å²) in [7, 11) is 1.78. The monoisotopic (exact) mass is 358 g/mol. The van der Waals surface area contributed by atoms with Crippen LogP contribution in [0.1, 0.15) is 15.9 Å². The maximum absolute atomic E-state index is 13.0. The number of hydrogen-bond donors (Lipinski definition) is 4. The molecule has 0 aromatic heterocycles. The van der Waals surface area contributed by atoms with Gasteiger partial charge in [0.1, 0.15) is 18.2 Å². The van der Waals surface area contributed by atoms with Gasteiger partial charge in [0.2, 0.25) is 0 Å². The molecule has 0 atom stereocenters. The van der Waals surface area contributed by atoms with Gasteiger partial charge in [0.05, 0.1) is 0 Å². The average molecular weight is 358 g/mol. The van der Waals surface area contributed by atoms with Crippen molar-refractivity contribution in [2.24, 2.45) is 11.5 Å². The van der Waals surface area contributed by atoms with E-state index in [1.165, 1.54) is 24.3 Å². The van der Waals surface area contributed by atoms with Gasteiger partial charge in [0.15, 0.2) is 0 Å². The van der Waals surface area contributed by atoms with E-state index in [0.717, 1.165) is 11.3 Å². The molecule has 2 aromatic rings. The number of halogens is 1. The molecule has 0 fully saturated rings. The van der Waals surface area contributed by atoms with Crippen LogP contribution in [0, 0.1) is 5.82 Å². The Bertz CT molecular complexity index is 776. The summed E-state index contributed by atoms with van der Waals surface area (Å²) in [5, 5.41) is 5.86. The fourth-order valence-corrected chi connectivity index (χ4v) is 2.38. The van der Waals surface area contributed by atoms with Crippen molar-refractivity contribution in [3.8, 4) is 5.75 Å². The number of ether oxygens (including phenoxy) is 1. The molecule has 0 radical (unpaired) electrons. The third-order valence-corrected chi connectivity index (χ3v) is 3.60. The highest BCUT2D eigenvalue weighted by molar-refractivity contribution is 6.04. The lowest BCUT2D eigenvalue weighted by molar-refractivity contribution is 0.102. The highest BCUT2D eigenvalue weighted by Gasteiger charge is 2.12. The third kappa shape index (κ3) is 5.05. The van der Waals surface area contributed by atoms with E-state index in [0.29, 0.717) is 36.7 Å². The first-order chi connectivity index (χ1) is 12.6. The summed E-state index contributed by atoms with van der Waals surface area (Å²) in [6.45, 7) is 1.10. The quantitative estimate of drug-likeness (QED) is 0.577. The second-order valence-electron chi connectivity index (χ2n) is 5.41. The molecule has 0 aliphatic heterocycles. The zero-order valence-corrected chi connectivity index (χ0v) is 14.6. The van der Waals surface area contributed by atoms with Gasteiger partial charge in [-0.3, -0.25) is 4.79 Å². The zero-order valence-electron chi connectivity index (χ0n) is 14.6. The normalized spacial score (nSPS) is 11.2. The molecule has 0 saturated carbocycles. The molecule has 0 aliphatic rings. The van der Waals surface area contributed by atoms with Gasteiger partial charge < -0.3 is 26.8 Å². The van der Waals surface area contributed by atoms with Crippen LogP contribution in [-0.2, 0) is 0 Å². The summed E-state index contributed by atoms with van der Waals surface area (Å²) < 4.78 is 18.7. The van der Waals surface area contributed by atoms with Gasteiger partial charge in [0, 0.05) is 42.6 Å². The Kier molecular flexibility index (Phi) is 7.13. The van der Waals surface area contributed by atoms with Crippen molar-refractivity contribution in [3.05, 3.63) is 65.5 Å². The lowest BCUT2D eigenvalue weighted by atomic mass is 10.1. The van der Waals surface area contributed by atoms with E-state index in [1.54, 1.807) is 25.2 Å². The van der Waals surface area contributed by atoms with Gasteiger partial charge in [0.25, 0.3) is 5.91 Å². The van der Waals surface area contributed by atoms with Crippen LogP contribution in [0.2, 0.25) is 0 Å². The van der Waals surface area contributed by atoms with Gasteiger partial charge in [-0.15, -0.1) is 0 Å². The van der Waals surface area contributed by atoms with Crippen LogP contribution in [0.15, 0.2) is 48.5 Å². The van der Waals surface area contributed by atoms with E-state index < -0.39 is 5.82 Å². The van der Waals surface area contributed by atoms with Crippen LogP contribution in [0.5, 0.6) is 5.75 Å². The number of nitrogens with two attached hydrogens (primary N) is 2. The molecule has 138 valence electrons. The third-order valence-electron chi connectivity index (χ3n) is 3.60. The molecule has 0 bridgehead atoms. The molecule has 0 heterocycles. The first-order valence-electron chi connectivity index (χ1n) is 8.21. The number of hydrogen-bond acceptors (Lipinski definition) is 5. The SMILES string of the molecule is CN/C(=C\CN)c1cc(NC(=O)c2ccc(F)cc2)ccc1OCCN. The number of anilines is 1. The molecule has 0 aliphatic carbocycles. The highest BCUT2D eigenvalue weighted by Crippen LogP contribution is 2.28. The van der Waals surface area contributed by atoms with Gasteiger partial charge in [-0.1, -0.05) is 0 Å². The molecule has 6 N–H and O–H groups in total. The van der Waals surface area contributed by atoms with E-state index in [2.05, 4.69) is 10.6 Å². The molecule has 2 rings (SSSR count). The van der Waals surface area contributed by atoms with Crippen molar-refractivity contribution in [2.75, 3.05) is 32.1 Å². The smallest absolute Gasteiger partial charge is 0.255 e. The number of nitrogens with one attached hydrogen (secondary N) is 2. The van der Waals surface area contributed by atoms with Crippen LogP contribution < -0.4 is 26.8 Å². The van der Waals surface area contributed by atoms with Crippen LogP contribution in [0.25, 0.3) is 5.70 Å². The van der Waals surface area contributed by atoms with E-state index in [4.69, 9.17) is 16.2 Å². The summed E-state index contributed by atoms with van der Waals surface area (Å²) in [5.74, 6) is -0.0968. The largest absolute Gasteiger partial charge is 0.492 e. The maximum atomic E-state index is 13.0. The Morgan fingerprint density at radius 1 is 1.19 bits per heavy atom. The Morgan fingerprint density at radius 2 is 1.92 bits per heavy atom. The lowest BCUT2D eigenvalue weighted by Crippen LogP contribution is -2.15. The minimum Gasteiger partial charge on any atom is -0.492 e. The van der Waals surface area contributed by atoms with Crippen LogP contribution in [-0.4, -0.2) is 32.7 Å². The molecule has 0 spiro atoms. The van der Waals surface area contributed by atoms with Crippen molar-refractivity contribution < 1.29 is 13.9 Å². The maximum Gasteiger partial charge on any atom is 0.255 e. The van der Waals surface area contributed by atoms with E-state index in [1.807, 2.05) is 6.08 Å². The van der Waals surface area contributed by atoms with Crippen molar-refractivity contribution in [1.29, 1.82) is 0 Å². The molecular formula is C19H23FN4O2. The number of carbonyl (C=O) groups excluding carboxylic acids is 1. The van der Waals surface area contributed by atoms with Gasteiger partial charge in [-0.2, -0.15) is 0 Å². The number of amides is 1. The number of carbonyl (C=O) groups is 1. The van der Waals surface area contributed by atoms with Crippen LogP contribution in [0.3, 0.4) is 0 Å².